The van der Waals surface area contributed by atoms with Gasteiger partial charge in [0.05, 0.1) is 12.2 Å². The van der Waals surface area contributed by atoms with E-state index in [1.807, 2.05) is 6.07 Å². The molecule has 20 heavy (non-hydrogen) atoms. The van der Waals surface area contributed by atoms with E-state index in [-0.39, 0.29) is 5.97 Å². The van der Waals surface area contributed by atoms with Crippen LogP contribution < -0.4 is 10.6 Å². The summed E-state index contributed by atoms with van der Waals surface area (Å²) >= 11 is 0. The quantitative estimate of drug-likeness (QED) is 0.850. The summed E-state index contributed by atoms with van der Waals surface area (Å²) < 4.78 is 4.96. The minimum Gasteiger partial charge on any atom is -0.462 e. The molecule has 0 amide bonds. The smallest absolute Gasteiger partial charge is 0.339 e. The molecule has 0 spiro atoms. The lowest BCUT2D eigenvalue weighted by molar-refractivity contribution is 0.0526. The van der Waals surface area contributed by atoms with Gasteiger partial charge in [-0.1, -0.05) is 6.92 Å². The highest BCUT2D eigenvalue weighted by Gasteiger charge is 2.26. The van der Waals surface area contributed by atoms with Gasteiger partial charge in [0, 0.05) is 25.3 Å². The molecule has 0 aliphatic carbocycles. The molecule has 2 N–H and O–H groups in total. The van der Waals surface area contributed by atoms with Crippen molar-refractivity contribution in [2.24, 2.45) is 11.7 Å². The first-order valence-electron chi connectivity index (χ1n) is 7.25. The summed E-state index contributed by atoms with van der Waals surface area (Å²) in [6.45, 7) is 6.03. The van der Waals surface area contributed by atoms with E-state index in [0.29, 0.717) is 30.7 Å². The number of nitrogens with zero attached hydrogens (tertiary/aromatic N) is 2. The number of carbonyl (C=O) groups is 1. The van der Waals surface area contributed by atoms with Crippen LogP contribution in [-0.2, 0) is 4.74 Å². The summed E-state index contributed by atoms with van der Waals surface area (Å²) in [5.74, 6) is 1.27. The van der Waals surface area contributed by atoms with Gasteiger partial charge in [-0.05, 0) is 37.8 Å². The normalized spacial score (nSPS) is 22.6. The van der Waals surface area contributed by atoms with E-state index in [4.69, 9.17) is 10.5 Å². The molecular formula is C15H23N3O2. The van der Waals surface area contributed by atoms with Crippen LogP contribution in [0.2, 0.25) is 0 Å². The molecule has 110 valence electrons. The Morgan fingerprint density at radius 3 is 2.95 bits per heavy atom. The summed E-state index contributed by atoms with van der Waals surface area (Å²) in [5, 5.41) is 0. The summed E-state index contributed by atoms with van der Waals surface area (Å²) in [7, 11) is 0. The molecule has 2 rings (SSSR count). The zero-order chi connectivity index (χ0) is 14.5. The van der Waals surface area contributed by atoms with Crippen LogP contribution in [0.25, 0.3) is 0 Å². The standard InChI is InChI=1S/C15H23N3O2/c1-3-20-15(19)12-4-5-14(17-10-12)18-7-6-11(2)8-13(18)9-16/h4-5,10-11,13H,3,6-9,16H2,1-2H3. The van der Waals surface area contributed by atoms with Crippen molar-refractivity contribution in [2.45, 2.75) is 32.7 Å². The van der Waals surface area contributed by atoms with Crippen LogP contribution >= 0.6 is 0 Å². The zero-order valence-corrected chi connectivity index (χ0v) is 12.2. The van der Waals surface area contributed by atoms with Crippen LogP contribution in [0.5, 0.6) is 0 Å². The molecule has 0 radical (unpaired) electrons. The Morgan fingerprint density at radius 1 is 1.55 bits per heavy atom. The van der Waals surface area contributed by atoms with Crippen molar-refractivity contribution < 1.29 is 9.53 Å². The Hall–Kier alpha value is -1.62. The number of esters is 1. The predicted molar refractivity (Wildman–Crippen MR) is 78.8 cm³/mol. The van der Waals surface area contributed by atoms with E-state index in [0.717, 1.165) is 25.2 Å². The molecular weight excluding hydrogens is 254 g/mol. The molecule has 0 bridgehead atoms. The largest absolute Gasteiger partial charge is 0.462 e. The zero-order valence-electron chi connectivity index (χ0n) is 12.2. The third kappa shape index (κ3) is 3.28. The number of anilines is 1. The van der Waals surface area contributed by atoms with Gasteiger partial charge in [-0.3, -0.25) is 0 Å². The average molecular weight is 277 g/mol. The van der Waals surface area contributed by atoms with E-state index < -0.39 is 0 Å². The van der Waals surface area contributed by atoms with Crippen LogP contribution in [0, 0.1) is 5.92 Å². The fourth-order valence-corrected chi connectivity index (χ4v) is 2.67. The summed E-state index contributed by atoms with van der Waals surface area (Å²) in [4.78, 5) is 18.2. The summed E-state index contributed by atoms with van der Waals surface area (Å²) in [6, 6.07) is 3.98. The van der Waals surface area contributed by atoms with Crippen LogP contribution in [0.4, 0.5) is 5.82 Å². The maximum absolute atomic E-state index is 11.6. The van der Waals surface area contributed by atoms with Crippen LogP contribution in [-0.4, -0.2) is 36.7 Å². The van der Waals surface area contributed by atoms with Crippen molar-refractivity contribution in [3.8, 4) is 0 Å². The van der Waals surface area contributed by atoms with Gasteiger partial charge < -0.3 is 15.4 Å². The van der Waals surface area contributed by atoms with Crippen LogP contribution in [0.1, 0.15) is 37.0 Å². The number of nitrogens with two attached hydrogens (primary N) is 1. The molecule has 2 atom stereocenters. The van der Waals surface area contributed by atoms with Gasteiger partial charge in [0.15, 0.2) is 0 Å². The highest BCUT2D eigenvalue weighted by atomic mass is 16.5. The average Bonchev–Trinajstić information content (AvgIpc) is 2.47. The molecule has 0 aromatic carbocycles. The summed E-state index contributed by atoms with van der Waals surface area (Å²) in [5.41, 5.74) is 6.36. The van der Waals surface area contributed by atoms with E-state index in [1.165, 1.54) is 0 Å². The van der Waals surface area contributed by atoms with E-state index in [1.54, 1.807) is 19.2 Å². The molecule has 1 fully saturated rings. The van der Waals surface area contributed by atoms with Crippen molar-refractivity contribution >= 4 is 11.8 Å². The fourth-order valence-electron chi connectivity index (χ4n) is 2.67. The minimum absolute atomic E-state index is 0.325. The SMILES string of the molecule is CCOC(=O)c1ccc(N2CCC(C)CC2CN)nc1. The number of aromatic nitrogens is 1. The van der Waals surface area contributed by atoms with Gasteiger partial charge in [-0.25, -0.2) is 9.78 Å². The Kier molecular flexibility index (Phi) is 4.95. The second-order valence-corrected chi connectivity index (χ2v) is 5.34. The first-order chi connectivity index (χ1) is 9.65. The first-order valence-corrected chi connectivity index (χ1v) is 7.25. The Morgan fingerprint density at radius 2 is 2.35 bits per heavy atom. The number of hydrogen-bond donors (Lipinski definition) is 1. The molecule has 1 aromatic rings. The number of hydrogen-bond acceptors (Lipinski definition) is 5. The lowest BCUT2D eigenvalue weighted by atomic mass is 9.92. The Labute approximate surface area is 120 Å². The number of ether oxygens (including phenoxy) is 1. The van der Waals surface area contributed by atoms with Crippen molar-refractivity contribution in [1.82, 2.24) is 4.98 Å². The molecule has 1 aromatic heterocycles. The van der Waals surface area contributed by atoms with E-state index in [9.17, 15) is 4.79 Å². The topological polar surface area (TPSA) is 68.5 Å². The lowest BCUT2D eigenvalue weighted by Crippen LogP contribution is -2.46. The highest BCUT2D eigenvalue weighted by Crippen LogP contribution is 2.26. The molecule has 1 aliphatic rings. The Bertz CT molecular complexity index is 447. The predicted octanol–water partition coefficient (Wildman–Crippen LogP) is 1.82. The third-order valence-corrected chi connectivity index (χ3v) is 3.80. The first kappa shape index (κ1) is 14.8. The molecule has 0 saturated carbocycles. The second kappa shape index (κ2) is 6.70. The number of piperidine rings is 1. The van der Waals surface area contributed by atoms with Gasteiger partial charge >= 0.3 is 5.97 Å². The molecule has 1 saturated heterocycles. The van der Waals surface area contributed by atoms with Gasteiger partial charge in [-0.2, -0.15) is 0 Å². The van der Waals surface area contributed by atoms with Gasteiger partial charge in [-0.15, -0.1) is 0 Å². The van der Waals surface area contributed by atoms with Crippen LogP contribution in [0.3, 0.4) is 0 Å². The molecule has 2 heterocycles. The molecule has 5 heteroatoms. The number of pyridine rings is 1. The van der Waals surface area contributed by atoms with E-state index >= 15 is 0 Å². The van der Waals surface area contributed by atoms with Crippen molar-refractivity contribution in [2.75, 3.05) is 24.6 Å². The fraction of sp³-hybridized carbons (Fsp3) is 0.600. The number of rotatable bonds is 4. The third-order valence-electron chi connectivity index (χ3n) is 3.80. The molecule has 2 unspecified atom stereocenters. The van der Waals surface area contributed by atoms with Crippen molar-refractivity contribution in [1.29, 1.82) is 0 Å². The maximum Gasteiger partial charge on any atom is 0.339 e. The second-order valence-electron chi connectivity index (χ2n) is 5.34. The minimum atomic E-state index is -0.325. The van der Waals surface area contributed by atoms with Crippen LogP contribution in [0.15, 0.2) is 18.3 Å². The molecule has 1 aliphatic heterocycles. The monoisotopic (exact) mass is 277 g/mol. The summed E-state index contributed by atoms with van der Waals surface area (Å²) in [6.07, 6.45) is 3.83. The van der Waals surface area contributed by atoms with Gasteiger partial charge in [0.1, 0.15) is 5.82 Å². The highest BCUT2D eigenvalue weighted by molar-refractivity contribution is 5.89. The van der Waals surface area contributed by atoms with Gasteiger partial charge in [0.25, 0.3) is 0 Å². The Balaban J connectivity index is 2.10. The maximum atomic E-state index is 11.6. The van der Waals surface area contributed by atoms with Crippen molar-refractivity contribution in [3.63, 3.8) is 0 Å². The molecule has 5 nitrogen and oxygen atoms in total. The van der Waals surface area contributed by atoms with Crippen molar-refractivity contribution in [3.05, 3.63) is 23.9 Å². The lowest BCUT2D eigenvalue weighted by Gasteiger charge is -2.38. The number of carbonyl (C=O) groups excluding carboxylic acids is 1. The van der Waals surface area contributed by atoms with Gasteiger partial charge in [0.2, 0.25) is 0 Å². The van der Waals surface area contributed by atoms with E-state index in [2.05, 4.69) is 16.8 Å².